The first-order valence-corrected chi connectivity index (χ1v) is 12.1. The van der Waals surface area contributed by atoms with Gasteiger partial charge in [-0.1, -0.05) is 23.7 Å². The SMILES string of the molecule is O=C(NCc1cccc(O)c1)c1ccc(C(=O)N[C@@H](CNC(=O)c2sccc2Br)C(=O)O)c(Cl)c1. The second kappa shape index (κ2) is 11.8. The molecule has 1 atom stereocenters. The molecule has 0 radical (unpaired) electrons. The molecule has 0 aliphatic carbocycles. The van der Waals surface area contributed by atoms with Gasteiger partial charge in [-0.3, -0.25) is 14.4 Å². The summed E-state index contributed by atoms with van der Waals surface area (Å²) in [6.07, 6.45) is 0. The summed E-state index contributed by atoms with van der Waals surface area (Å²) in [5.41, 5.74) is 0.851. The lowest BCUT2D eigenvalue weighted by Crippen LogP contribution is -2.48. The van der Waals surface area contributed by atoms with Crippen LogP contribution < -0.4 is 16.0 Å². The monoisotopic (exact) mass is 579 g/mol. The van der Waals surface area contributed by atoms with Crippen molar-refractivity contribution in [3.8, 4) is 5.75 Å². The summed E-state index contributed by atoms with van der Waals surface area (Å²) in [7, 11) is 0. The van der Waals surface area contributed by atoms with Crippen LogP contribution >= 0.6 is 38.9 Å². The number of rotatable bonds is 9. The summed E-state index contributed by atoms with van der Waals surface area (Å²) in [6.45, 7) is -0.182. The summed E-state index contributed by atoms with van der Waals surface area (Å²) >= 11 is 10.6. The third kappa shape index (κ3) is 7.04. The molecule has 3 rings (SSSR count). The second-order valence-electron chi connectivity index (χ2n) is 7.22. The van der Waals surface area contributed by atoms with E-state index in [1.165, 1.54) is 41.7 Å². The molecule has 0 spiro atoms. The van der Waals surface area contributed by atoms with E-state index in [9.17, 15) is 29.4 Å². The maximum Gasteiger partial charge on any atom is 0.328 e. The number of hydrogen-bond acceptors (Lipinski definition) is 6. The van der Waals surface area contributed by atoms with Gasteiger partial charge in [0, 0.05) is 23.1 Å². The van der Waals surface area contributed by atoms with Gasteiger partial charge in [0.2, 0.25) is 0 Å². The minimum Gasteiger partial charge on any atom is -0.508 e. The fourth-order valence-corrected chi connectivity index (χ4v) is 4.69. The molecule has 0 bridgehead atoms. The molecule has 0 saturated carbocycles. The first kappa shape index (κ1) is 26.2. The van der Waals surface area contributed by atoms with Crippen LogP contribution in [0.1, 0.15) is 36.0 Å². The molecule has 2 aromatic carbocycles. The molecule has 0 aliphatic heterocycles. The molecular weight excluding hydrogens is 562 g/mol. The minimum atomic E-state index is -1.41. The van der Waals surface area contributed by atoms with Gasteiger partial charge < -0.3 is 26.2 Å². The van der Waals surface area contributed by atoms with Gasteiger partial charge in [-0.15, -0.1) is 11.3 Å². The summed E-state index contributed by atoms with van der Waals surface area (Å²) in [5, 5.41) is 28.1. The molecule has 9 nitrogen and oxygen atoms in total. The van der Waals surface area contributed by atoms with Crippen LogP contribution in [0.15, 0.2) is 58.4 Å². The normalized spacial score (nSPS) is 11.4. The number of benzene rings is 2. The Morgan fingerprint density at radius 3 is 2.40 bits per heavy atom. The molecule has 1 aromatic heterocycles. The fourth-order valence-electron chi connectivity index (χ4n) is 2.96. The van der Waals surface area contributed by atoms with Crippen LogP contribution in [0.3, 0.4) is 0 Å². The van der Waals surface area contributed by atoms with Gasteiger partial charge in [-0.2, -0.15) is 0 Å². The number of hydrogen-bond donors (Lipinski definition) is 5. The highest BCUT2D eigenvalue weighted by molar-refractivity contribution is 9.10. The van der Waals surface area contributed by atoms with E-state index in [4.69, 9.17) is 11.6 Å². The Labute approximate surface area is 217 Å². The standard InChI is InChI=1S/C23H19BrClN3O6S/c24-16-6-7-35-19(16)22(32)27-11-18(23(33)34)28-21(31)15-5-4-13(9-17(15)25)20(30)26-10-12-2-1-3-14(29)8-12/h1-9,18,29H,10-11H2,(H,26,30)(H,27,32)(H,28,31)(H,33,34)/t18-/m0/s1. The number of carbonyl (C=O) groups is 4. The van der Waals surface area contributed by atoms with Gasteiger partial charge in [-0.05, 0) is 63.3 Å². The van der Waals surface area contributed by atoms with Gasteiger partial charge in [0.05, 0.1) is 10.6 Å². The van der Waals surface area contributed by atoms with E-state index in [1.54, 1.807) is 23.6 Å². The molecule has 0 aliphatic rings. The molecule has 0 fully saturated rings. The smallest absolute Gasteiger partial charge is 0.328 e. The summed E-state index contributed by atoms with van der Waals surface area (Å²) in [4.78, 5) is 49.2. The maximum atomic E-state index is 12.6. The Kier molecular flexibility index (Phi) is 8.85. The number of carboxylic acids is 1. The van der Waals surface area contributed by atoms with Crippen molar-refractivity contribution in [2.75, 3.05) is 6.54 Å². The Morgan fingerprint density at radius 2 is 1.77 bits per heavy atom. The highest BCUT2D eigenvalue weighted by Gasteiger charge is 2.24. The van der Waals surface area contributed by atoms with Crippen molar-refractivity contribution in [1.82, 2.24) is 16.0 Å². The zero-order valence-electron chi connectivity index (χ0n) is 17.9. The highest BCUT2D eigenvalue weighted by atomic mass is 79.9. The van der Waals surface area contributed by atoms with Crippen LogP contribution in [-0.4, -0.2) is 46.5 Å². The Balaban J connectivity index is 1.61. The topological polar surface area (TPSA) is 145 Å². The number of amides is 3. The van der Waals surface area contributed by atoms with Crippen LogP contribution in [0, 0.1) is 0 Å². The number of halogens is 2. The van der Waals surface area contributed by atoms with E-state index in [0.717, 1.165) is 0 Å². The van der Waals surface area contributed by atoms with Crippen molar-refractivity contribution in [3.05, 3.63) is 85.0 Å². The number of phenols is 1. The molecule has 3 amide bonds. The maximum absolute atomic E-state index is 12.6. The Bertz CT molecular complexity index is 1280. The number of aliphatic carboxylic acids is 1. The Hall–Kier alpha value is -3.41. The summed E-state index contributed by atoms with van der Waals surface area (Å²) < 4.78 is 0.578. The fraction of sp³-hybridized carbons (Fsp3) is 0.130. The lowest BCUT2D eigenvalue weighted by atomic mass is 10.1. The lowest BCUT2D eigenvalue weighted by molar-refractivity contribution is -0.139. The van der Waals surface area contributed by atoms with Crippen LogP contribution in [0.2, 0.25) is 5.02 Å². The third-order valence-corrected chi connectivity index (χ3v) is 6.88. The van der Waals surface area contributed by atoms with Crippen molar-refractivity contribution < 1.29 is 29.4 Å². The Morgan fingerprint density at radius 1 is 1.00 bits per heavy atom. The van der Waals surface area contributed by atoms with Crippen molar-refractivity contribution >= 4 is 62.6 Å². The zero-order valence-corrected chi connectivity index (χ0v) is 21.0. The van der Waals surface area contributed by atoms with Crippen molar-refractivity contribution in [2.24, 2.45) is 0 Å². The number of phenolic OH excluding ortho intramolecular Hbond substituents is 1. The van der Waals surface area contributed by atoms with E-state index < -0.39 is 29.7 Å². The van der Waals surface area contributed by atoms with Crippen LogP contribution in [0.5, 0.6) is 5.75 Å². The van der Waals surface area contributed by atoms with E-state index in [1.807, 2.05) is 0 Å². The van der Waals surface area contributed by atoms with E-state index in [0.29, 0.717) is 14.9 Å². The van der Waals surface area contributed by atoms with Gasteiger partial charge in [0.15, 0.2) is 0 Å². The molecule has 182 valence electrons. The van der Waals surface area contributed by atoms with Gasteiger partial charge in [0.1, 0.15) is 16.7 Å². The van der Waals surface area contributed by atoms with Crippen molar-refractivity contribution in [1.29, 1.82) is 0 Å². The predicted molar refractivity (Wildman–Crippen MR) is 134 cm³/mol. The van der Waals surface area contributed by atoms with E-state index >= 15 is 0 Å². The quantitative estimate of drug-likeness (QED) is 0.262. The van der Waals surface area contributed by atoms with Crippen LogP contribution in [0.4, 0.5) is 0 Å². The molecular formula is C23H19BrClN3O6S. The number of nitrogens with one attached hydrogen (secondary N) is 3. The largest absolute Gasteiger partial charge is 0.508 e. The molecule has 12 heteroatoms. The van der Waals surface area contributed by atoms with E-state index in [-0.39, 0.29) is 35.0 Å². The zero-order chi connectivity index (χ0) is 25.5. The average Bonchev–Trinajstić information content (AvgIpc) is 3.25. The molecule has 0 unspecified atom stereocenters. The van der Waals surface area contributed by atoms with Gasteiger partial charge in [0.25, 0.3) is 17.7 Å². The van der Waals surface area contributed by atoms with Crippen LogP contribution in [0.25, 0.3) is 0 Å². The van der Waals surface area contributed by atoms with Crippen LogP contribution in [-0.2, 0) is 11.3 Å². The second-order valence-corrected chi connectivity index (χ2v) is 9.40. The highest BCUT2D eigenvalue weighted by Crippen LogP contribution is 2.22. The number of carboxylic acid groups (broad SMARTS) is 1. The third-order valence-electron chi connectivity index (χ3n) is 4.73. The molecule has 1 heterocycles. The summed E-state index contributed by atoms with van der Waals surface area (Å²) in [6, 6.07) is 10.7. The summed E-state index contributed by atoms with van der Waals surface area (Å²) in [5.74, 6) is -2.98. The molecule has 0 saturated heterocycles. The minimum absolute atomic E-state index is 0.0326. The average molecular weight is 581 g/mol. The van der Waals surface area contributed by atoms with Crippen molar-refractivity contribution in [3.63, 3.8) is 0 Å². The predicted octanol–water partition coefficient (Wildman–Crippen LogP) is 3.41. The number of aromatic hydroxyl groups is 1. The molecule has 5 N–H and O–H groups in total. The molecule has 3 aromatic rings. The first-order valence-electron chi connectivity index (χ1n) is 10.1. The van der Waals surface area contributed by atoms with Crippen molar-refractivity contribution in [2.45, 2.75) is 12.6 Å². The van der Waals surface area contributed by atoms with E-state index in [2.05, 4.69) is 31.9 Å². The number of thiophene rings is 1. The lowest BCUT2D eigenvalue weighted by Gasteiger charge is -2.16. The number of carbonyl (C=O) groups excluding carboxylic acids is 3. The molecule has 35 heavy (non-hydrogen) atoms. The van der Waals surface area contributed by atoms with Gasteiger partial charge >= 0.3 is 5.97 Å². The van der Waals surface area contributed by atoms with Gasteiger partial charge in [-0.25, -0.2) is 4.79 Å². The first-order chi connectivity index (χ1) is 16.7.